The number of aromatic amines is 1. The third-order valence-corrected chi connectivity index (χ3v) is 5.31. The van der Waals surface area contributed by atoms with Gasteiger partial charge in [0.1, 0.15) is 0 Å². The molecule has 0 radical (unpaired) electrons. The monoisotopic (exact) mass is 337 g/mol. The van der Waals surface area contributed by atoms with E-state index in [-0.39, 0.29) is 19.6 Å². The normalized spacial score (nSPS) is 17.5. The fraction of sp³-hybridized carbons (Fsp3) is 0.375. The molecule has 1 unspecified atom stereocenters. The minimum Gasteiger partial charge on any atom is -0.352 e. The minimum atomic E-state index is -3.19. The molecule has 0 saturated carbocycles. The van der Waals surface area contributed by atoms with Crippen molar-refractivity contribution in [3.63, 3.8) is 0 Å². The highest BCUT2D eigenvalue weighted by Crippen LogP contribution is 2.23. The first-order chi connectivity index (χ1) is 10.9. The first-order valence-corrected chi connectivity index (χ1v) is 9.40. The van der Waals surface area contributed by atoms with Crippen LogP contribution in [0, 0.1) is 5.92 Å². The van der Waals surface area contributed by atoms with Gasteiger partial charge in [-0.1, -0.05) is 12.1 Å². The van der Waals surface area contributed by atoms with Gasteiger partial charge in [-0.25, -0.2) is 13.4 Å². The molecular formula is C16H23N3O3S. The van der Waals surface area contributed by atoms with Crippen LogP contribution in [0.5, 0.6) is 0 Å². The number of nitrogens with zero attached hydrogens (tertiary/aromatic N) is 1. The molecule has 0 fully saturated rings. The van der Waals surface area contributed by atoms with Crippen molar-refractivity contribution < 1.29 is 16.1 Å². The Hall–Kier alpha value is -2.15. The maximum atomic E-state index is 12.3. The van der Waals surface area contributed by atoms with Crippen LogP contribution in [-0.2, 0) is 34.0 Å². The van der Waals surface area contributed by atoms with Crippen molar-refractivity contribution in [1.82, 2.24) is 15.3 Å². The molecule has 0 bridgehead atoms. The van der Waals surface area contributed by atoms with Crippen LogP contribution in [0.2, 0.25) is 0 Å². The van der Waals surface area contributed by atoms with Crippen LogP contribution in [-0.4, -0.2) is 30.5 Å². The van der Waals surface area contributed by atoms with Crippen molar-refractivity contribution >= 4 is 15.7 Å². The van der Waals surface area contributed by atoms with Gasteiger partial charge in [0.25, 0.3) is 0 Å². The van der Waals surface area contributed by atoms with E-state index in [2.05, 4.69) is 15.3 Å². The lowest BCUT2D eigenvalue weighted by molar-refractivity contribution is -0.125. The van der Waals surface area contributed by atoms with Crippen molar-refractivity contribution in [2.75, 3.05) is 6.26 Å². The highest BCUT2D eigenvalue weighted by atomic mass is 32.2. The zero-order chi connectivity index (χ0) is 16.4. The highest BCUT2D eigenvalue weighted by Gasteiger charge is 2.25. The van der Waals surface area contributed by atoms with Crippen LogP contribution in [0.3, 0.4) is 0 Å². The number of H-pyrrole nitrogens is 1. The fourth-order valence-corrected chi connectivity index (χ4v) is 3.44. The van der Waals surface area contributed by atoms with E-state index < -0.39 is 9.84 Å². The maximum absolute atomic E-state index is 12.3. The quantitative estimate of drug-likeness (QED) is 0.889. The molecule has 7 heteroatoms. The molecule has 1 heterocycles. The number of aryl methyl sites for hydroxylation is 1. The number of carbonyl (C=O) groups is 1. The van der Waals surface area contributed by atoms with Gasteiger partial charge in [-0.3, -0.25) is 4.79 Å². The Bertz CT molecular complexity index is 819. The molecule has 1 aromatic carbocycles. The number of sulfone groups is 1. The largest absolute Gasteiger partial charge is 0.352 e. The van der Waals surface area contributed by atoms with Crippen molar-refractivity contribution in [2.45, 2.75) is 30.7 Å². The van der Waals surface area contributed by atoms with Crippen LogP contribution >= 0.6 is 0 Å². The first-order valence-electron chi connectivity index (χ1n) is 7.51. The number of nitrogens with one attached hydrogen (secondary N) is 2. The Balaban J connectivity index is 0.00000156. The van der Waals surface area contributed by atoms with Gasteiger partial charge in [0.15, 0.2) is 9.84 Å². The van der Waals surface area contributed by atoms with Gasteiger partial charge >= 0.3 is 0 Å². The van der Waals surface area contributed by atoms with Crippen molar-refractivity contribution in [1.29, 1.82) is 0 Å². The number of imidazole rings is 1. The summed E-state index contributed by atoms with van der Waals surface area (Å²) in [6, 6.07) is 6.58. The lowest BCUT2D eigenvalue weighted by Gasteiger charge is -2.20. The third kappa shape index (κ3) is 3.61. The SMILES string of the molecule is CS(=O)(=O)c1ccc(CNC(=O)C2CCc3nc[nH]c3C2)cc1.[HH].[HH]. The zero-order valence-electron chi connectivity index (χ0n) is 12.9. The van der Waals surface area contributed by atoms with E-state index in [1.54, 1.807) is 30.6 Å². The van der Waals surface area contributed by atoms with Crippen molar-refractivity contribution in [3.05, 3.63) is 47.5 Å². The fourth-order valence-electron chi connectivity index (χ4n) is 2.81. The predicted molar refractivity (Wildman–Crippen MR) is 89.7 cm³/mol. The summed E-state index contributed by atoms with van der Waals surface area (Å²) >= 11 is 0. The lowest BCUT2D eigenvalue weighted by atomic mass is 9.89. The summed E-state index contributed by atoms with van der Waals surface area (Å²) in [7, 11) is -3.19. The predicted octanol–water partition coefficient (Wildman–Crippen LogP) is 1.73. The van der Waals surface area contributed by atoms with Gasteiger partial charge in [-0.15, -0.1) is 0 Å². The Labute approximate surface area is 138 Å². The smallest absolute Gasteiger partial charge is 0.223 e. The molecule has 126 valence electrons. The van der Waals surface area contributed by atoms with Crippen LogP contribution in [0.25, 0.3) is 0 Å². The van der Waals surface area contributed by atoms with E-state index in [0.29, 0.717) is 13.0 Å². The average molecular weight is 337 g/mol. The van der Waals surface area contributed by atoms with Crippen molar-refractivity contribution in [2.24, 2.45) is 5.92 Å². The van der Waals surface area contributed by atoms with E-state index in [4.69, 9.17) is 0 Å². The molecule has 2 aromatic rings. The van der Waals surface area contributed by atoms with E-state index in [9.17, 15) is 13.2 Å². The number of rotatable bonds is 4. The Kier molecular flexibility index (Phi) is 4.21. The summed E-state index contributed by atoms with van der Waals surface area (Å²) in [6.45, 7) is 0.398. The number of aromatic nitrogens is 2. The molecule has 0 aliphatic heterocycles. The van der Waals surface area contributed by atoms with Gasteiger partial charge in [0.2, 0.25) is 5.91 Å². The second-order valence-corrected chi connectivity index (χ2v) is 7.92. The molecule has 1 aliphatic carbocycles. The van der Waals surface area contributed by atoms with Crippen LogP contribution in [0.15, 0.2) is 35.5 Å². The van der Waals surface area contributed by atoms with Crippen LogP contribution in [0.4, 0.5) is 0 Å². The van der Waals surface area contributed by atoms with Gasteiger partial charge in [-0.2, -0.15) is 0 Å². The maximum Gasteiger partial charge on any atom is 0.223 e. The van der Waals surface area contributed by atoms with Crippen LogP contribution in [0.1, 0.15) is 26.2 Å². The van der Waals surface area contributed by atoms with E-state index in [1.165, 1.54) is 6.26 Å². The van der Waals surface area contributed by atoms with Gasteiger partial charge in [0, 0.05) is 33.7 Å². The Morgan fingerprint density at radius 2 is 2.13 bits per heavy atom. The molecule has 2 N–H and O–H groups in total. The summed E-state index contributed by atoms with van der Waals surface area (Å²) in [5.41, 5.74) is 2.99. The molecule has 1 aromatic heterocycles. The number of amides is 1. The Morgan fingerprint density at radius 3 is 2.83 bits per heavy atom. The summed E-state index contributed by atoms with van der Waals surface area (Å²) < 4.78 is 22.8. The number of benzene rings is 1. The van der Waals surface area contributed by atoms with Crippen molar-refractivity contribution in [3.8, 4) is 0 Å². The summed E-state index contributed by atoms with van der Waals surface area (Å²) in [6.07, 6.45) is 5.16. The summed E-state index contributed by atoms with van der Waals surface area (Å²) in [4.78, 5) is 19.9. The average Bonchev–Trinajstić information content (AvgIpc) is 2.99. The second-order valence-electron chi connectivity index (χ2n) is 5.90. The second kappa shape index (κ2) is 6.16. The first kappa shape index (κ1) is 15.7. The van der Waals surface area contributed by atoms with E-state index >= 15 is 0 Å². The zero-order valence-corrected chi connectivity index (χ0v) is 13.7. The standard InChI is InChI=1S/C16H19N3O3S.2H2/c1-23(21,22)13-5-2-11(3-6-13)9-17-16(20)12-4-7-14-15(8-12)19-10-18-14;;/h2-3,5-6,10,12H,4,7-9H2,1H3,(H,17,20)(H,18,19);2*1H. The molecular weight excluding hydrogens is 314 g/mol. The molecule has 0 spiro atoms. The van der Waals surface area contributed by atoms with E-state index in [0.717, 1.165) is 29.8 Å². The molecule has 6 nitrogen and oxygen atoms in total. The lowest BCUT2D eigenvalue weighted by Crippen LogP contribution is -2.33. The summed E-state index contributed by atoms with van der Waals surface area (Å²) in [5, 5.41) is 2.93. The third-order valence-electron chi connectivity index (χ3n) is 4.18. The number of carbonyl (C=O) groups excluding carboxylic acids is 1. The molecule has 23 heavy (non-hydrogen) atoms. The highest BCUT2D eigenvalue weighted by molar-refractivity contribution is 7.90. The van der Waals surface area contributed by atoms with E-state index in [1.807, 2.05) is 0 Å². The molecule has 0 saturated heterocycles. The number of fused-ring (bicyclic) bond motifs is 1. The molecule has 1 amide bonds. The number of hydrogen-bond acceptors (Lipinski definition) is 4. The van der Waals surface area contributed by atoms with Gasteiger partial charge < -0.3 is 10.3 Å². The topological polar surface area (TPSA) is 91.9 Å². The van der Waals surface area contributed by atoms with Gasteiger partial charge in [-0.05, 0) is 30.5 Å². The van der Waals surface area contributed by atoms with Crippen LogP contribution < -0.4 is 5.32 Å². The molecule has 1 atom stereocenters. The molecule has 3 rings (SSSR count). The minimum absolute atomic E-state index is 0. The summed E-state index contributed by atoms with van der Waals surface area (Å²) in [5.74, 6) is -0.0179. The Morgan fingerprint density at radius 1 is 1.39 bits per heavy atom. The van der Waals surface area contributed by atoms with Gasteiger partial charge in [0.05, 0.1) is 16.9 Å². The number of hydrogen-bond donors (Lipinski definition) is 2. The molecule has 1 aliphatic rings.